The van der Waals surface area contributed by atoms with Crippen molar-refractivity contribution in [3.05, 3.63) is 35.9 Å². The molecule has 104 valence electrons. The van der Waals surface area contributed by atoms with Crippen LogP contribution in [0.25, 0.3) is 0 Å². The maximum atomic E-state index is 11.9. The van der Waals surface area contributed by atoms with Crippen LogP contribution < -0.4 is 11.1 Å². The number of carbonyl (C=O) groups excluding carboxylic acids is 1. The van der Waals surface area contributed by atoms with E-state index in [0.29, 0.717) is 12.0 Å². The molecular weight excluding hydrogens is 244 g/mol. The molecule has 0 fully saturated rings. The Labute approximate surface area is 112 Å². The molecule has 4 N–H and O–H groups in total. The number of nitrogens with two attached hydrogens (primary N) is 1. The molecular formula is C14H20N2O3. The van der Waals surface area contributed by atoms with Crippen LogP contribution in [-0.4, -0.2) is 23.5 Å². The molecule has 5 heteroatoms. The Kier molecular flexibility index (Phi) is 5.06. The van der Waals surface area contributed by atoms with Gasteiger partial charge in [-0.05, 0) is 18.9 Å². The van der Waals surface area contributed by atoms with Crippen LogP contribution in [0.5, 0.6) is 0 Å². The fraction of sp³-hybridized carbons (Fsp3) is 0.429. The zero-order valence-corrected chi connectivity index (χ0v) is 11.2. The lowest BCUT2D eigenvalue weighted by molar-refractivity contribution is -0.148. The Hall–Kier alpha value is -1.88. The van der Waals surface area contributed by atoms with E-state index in [1.807, 2.05) is 6.07 Å². The van der Waals surface area contributed by atoms with Crippen LogP contribution in [0, 0.1) is 5.41 Å². The number of hydrogen-bond donors (Lipinski definition) is 3. The second-order valence-corrected chi connectivity index (χ2v) is 4.83. The molecule has 1 rings (SSSR count). The summed E-state index contributed by atoms with van der Waals surface area (Å²) in [5, 5.41) is 11.7. The third-order valence-electron chi connectivity index (χ3n) is 3.39. The normalized spacial score (nSPS) is 15.3. The number of aliphatic carboxylic acids is 1. The Balaban J connectivity index is 2.63. The van der Waals surface area contributed by atoms with Gasteiger partial charge >= 0.3 is 5.97 Å². The van der Waals surface area contributed by atoms with Crippen molar-refractivity contribution in [3.8, 4) is 0 Å². The average Bonchev–Trinajstić information content (AvgIpc) is 2.44. The van der Waals surface area contributed by atoms with Gasteiger partial charge in [-0.2, -0.15) is 0 Å². The molecule has 0 aliphatic rings. The minimum Gasteiger partial charge on any atom is -0.481 e. The first-order valence-electron chi connectivity index (χ1n) is 6.22. The van der Waals surface area contributed by atoms with E-state index in [2.05, 4.69) is 5.32 Å². The molecule has 1 amide bonds. The molecule has 0 saturated heterocycles. The van der Waals surface area contributed by atoms with E-state index in [1.54, 1.807) is 38.1 Å². The maximum absolute atomic E-state index is 11.9. The minimum absolute atomic E-state index is 0.0677. The largest absolute Gasteiger partial charge is 0.481 e. The summed E-state index contributed by atoms with van der Waals surface area (Å²) in [5.41, 5.74) is 5.56. The predicted octanol–water partition coefficient (Wildman–Crippen LogP) is 1.30. The maximum Gasteiger partial charge on any atom is 0.311 e. The van der Waals surface area contributed by atoms with E-state index in [9.17, 15) is 9.59 Å². The van der Waals surface area contributed by atoms with Crippen LogP contribution in [0.15, 0.2) is 30.3 Å². The molecule has 0 aliphatic heterocycles. The van der Waals surface area contributed by atoms with E-state index in [0.717, 1.165) is 0 Å². The van der Waals surface area contributed by atoms with E-state index >= 15 is 0 Å². The van der Waals surface area contributed by atoms with Crippen molar-refractivity contribution in [1.82, 2.24) is 5.32 Å². The van der Waals surface area contributed by atoms with Crippen molar-refractivity contribution in [2.75, 3.05) is 6.54 Å². The summed E-state index contributed by atoms with van der Waals surface area (Å²) >= 11 is 0. The Morgan fingerprint density at radius 2 is 1.95 bits per heavy atom. The first-order chi connectivity index (χ1) is 8.90. The van der Waals surface area contributed by atoms with Gasteiger partial charge in [-0.1, -0.05) is 37.3 Å². The molecule has 5 nitrogen and oxygen atoms in total. The predicted molar refractivity (Wildman–Crippen MR) is 72.4 cm³/mol. The standard InChI is InChI=1S/C14H20N2O3/c1-3-14(2,13(18)19)9-16-12(17)11(15)10-7-5-4-6-8-10/h4-8,11H,3,9,15H2,1-2H3,(H,16,17)(H,18,19). The number of carboxylic acids is 1. The lowest BCUT2D eigenvalue weighted by Crippen LogP contribution is -2.43. The number of hydrogen-bond acceptors (Lipinski definition) is 3. The van der Waals surface area contributed by atoms with E-state index in [4.69, 9.17) is 10.8 Å². The fourth-order valence-corrected chi connectivity index (χ4v) is 1.56. The zero-order chi connectivity index (χ0) is 14.5. The lowest BCUT2D eigenvalue weighted by Gasteiger charge is -2.24. The summed E-state index contributed by atoms with van der Waals surface area (Å²) in [7, 11) is 0. The smallest absolute Gasteiger partial charge is 0.311 e. The molecule has 0 aliphatic carbocycles. The third kappa shape index (κ3) is 3.79. The van der Waals surface area contributed by atoms with Crippen LogP contribution in [0.4, 0.5) is 0 Å². The van der Waals surface area contributed by atoms with Gasteiger partial charge in [0.05, 0.1) is 5.41 Å². The number of nitrogens with one attached hydrogen (secondary N) is 1. The van der Waals surface area contributed by atoms with Gasteiger partial charge in [-0.15, -0.1) is 0 Å². The Morgan fingerprint density at radius 3 is 2.42 bits per heavy atom. The quantitative estimate of drug-likeness (QED) is 0.722. The van der Waals surface area contributed by atoms with Crippen LogP contribution in [0.1, 0.15) is 31.9 Å². The van der Waals surface area contributed by atoms with Gasteiger partial charge in [-0.25, -0.2) is 0 Å². The second-order valence-electron chi connectivity index (χ2n) is 4.83. The molecule has 19 heavy (non-hydrogen) atoms. The number of amides is 1. The third-order valence-corrected chi connectivity index (χ3v) is 3.39. The van der Waals surface area contributed by atoms with Crippen molar-refractivity contribution >= 4 is 11.9 Å². The molecule has 1 aromatic rings. The van der Waals surface area contributed by atoms with Crippen LogP contribution >= 0.6 is 0 Å². The van der Waals surface area contributed by atoms with Crippen molar-refractivity contribution in [2.45, 2.75) is 26.3 Å². The van der Waals surface area contributed by atoms with Gasteiger partial charge in [0.25, 0.3) is 0 Å². The molecule has 0 heterocycles. The van der Waals surface area contributed by atoms with Gasteiger partial charge in [0.15, 0.2) is 0 Å². The van der Waals surface area contributed by atoms with Crippen LogP contribution in [0.2, 0.25) is 0 Å². The molecule has 0 radical (unpaired) electrons. The summed E-state index contributed by atoms with van der Waals surface area (Å²) in [6.07, 6.45) is 0.434. The summed E-state index contributed by atoms with van der Waals surface area (Å²) in [6.45, 7) is 3.44. The number of carbonyl (C=O) groups is 2. The highest BCUT2D eigenvalue weighted by atomic mass is 16.4. The average molecular weight is 264 g/mol. The minimum atomic E-state index is -0.966. The molecule has 0 bridgehead atoms. The second kappa shape index (κ2) is 6.33. The van der Waals surface area contributed by atoms with Gasteiger partial charge in [0, 0.05) is 6.54 Å². The lowest BCUT2D eigenvalue weighted by atomic mass is 9.87. The highest BCUT2D eigenvalue weighted by Gasteiger charge is 2.32. The molecule has 1 aromatic carbocycles. The molecule has 2 unspecified atom stereocenters. The Bertz CT molecular complexity index is 447. The summed E-state index contributed by atoms with van der Waals surface area (Å²) in [6, 6.07) is 8.19. The monoisotopic (exact) mass is 264 g/mol. The first kappa shape index (κ1) is 15.2. The molecule has 0 spiro atoms. The number of carboxylic acid groups (broad SMARTS) is 1. The van der Waals surface area contributed by atoms with Crippen molar-refractivity contribution < 1.29 is 14.7 Å². The molecule has 0 saturated carbocycles. The van der Waals surface area contributed by atoms with Crippen molar-refractivity contribution in [1.29, 1.82) is 0 Å². The molecule has 2 atom stereocenters. The Morgan fingerprint density at radius 1 is 1.37 bits per heavy atom. The van der Waals surface area contributed by atoms with Crippen molar-refractivity contribution in [2.24, 2.45) is 11.1 Å². The highest BCUT2D eigenvalue weighted by Crippen LogP contribution is 2.20. The van der Waals surface area contributed by atoms with E-state index < -0.39 is 17.4 Å². The van der Waals surface area contributed by atoms with Gasteiger partial charge in [-0.3, -0.25) is 9.59 Å². The summed E-state index contributed by atoms with van der Waals surface area (Å²) in [5.74, 6) is -1.30. The van der Waals surface area contributed by atoms with Gasteiger partial charge in [0.1, 0.15) is 6.04 Å². The first-order valence-corrected chi connectivity index (χ1v) is 6.22. The SMILES string of the molecule is CCC(C)(CNC(=O)C(N)c1ccccc1)C(=O)O. The fourth-order valence-electron chi connectivity index (χ4n) is 1.56. The van der Waals surface area contributed by atoms with Crippen LogP contribution in [-0.2, 0) is 9.59 Å². The summed E-state index contributed by atoms with van der Waals surface area (Å²) < 4.78 is 0. The van der Waals surface area contributed by atoms with Gasteiger partial charge in [0.2, 0.25) is 5.91 Å². The van der Waals surface area contributed by atoms with Crippen LogP contribution in [0.3, 0.4) is 0 Å². The summed E-state index contributed by atoms with van der Waals surface area (Å²) in [4.78, 5) is 23.0. The van der Waals surface area contributed by atoms with E-state index in [-0.39, 0.29) is 12.5 Å². The van der Waals surface area contributed by atoms with Gasteiger partial charge < -0.3 is 16.2 Å². The van der Waals surface area contributed by atoms with E-state index in [1.165, 1.54) is 0 Å². The zero-order valence-electron chi connectivity index (χ0n) is 11.2. The highest BCUT2D eigenvalue weighted by molar-refractivity contribution is 5.84. The number of rotatable bonds is 6. The number of benzene rings is 1. The van der Waals surface area contributed by atoms with Crippen molar-refractivity contribution in [3.63, 3.8) is 0 Å². The molecule has 0 aromatic heterocycles. The topological polar surface area (TPSA) is 92.4 Å².